The molecular formula is C22H30N2O5S. The van der Waals surface area contributed by atoms with Gasteiger partial charge in [0.05, 0.1) is 29.3 Å². The molecule has 1 saturated heterocycles. The van der Waals surface area contributed by atoms with Crippen LogP contribution in [-0.4, -0.2) is 62.5 Å². The lowest BCUT2D eigenvalue weighted by atomic mass is 9.90. The molecule has 1 amide bonds. The molecule has 0 aromatic heterocycles. The predicted octanol–water partition coefficient (Wildman–Crippen LogP) is 2.48. The average molecular weight is 435 g/mol. The minimum atomic E-state index is -3.82. The van der Waals surface area contributed by atoms with Crippen molar-refractivity contribution in [2.24, 2.45) is 11.8 Å². The van der Waals surface area contributed by atoms with Gasteiger partial charge in [-0.25, -0.2) is 13.9 Å². The summed E-state index contributed by atoms with van der Waals surface area (Å²) in [5.74, 6) is -1.80. The normalized spacial score (nSPS) is 17.7. The van der Waals surface area contributed by atoms with Gasteiger partial charge in [-0.1, -0.05) is 44.2 Å². The van der Waals surface area contributed by atoms with Gasteiger partial charge in [0.25, 0.3) is 0 Å². The third-order valence-electron chi connectivity index (χ3n) is 5.81. The SMILES string of the molecule is CC(C)[C@H](C(=O)NO)C(CCN1CCOCC1)S(=O)(=O)c1ccc2ccccc2c1. The Morgan fingerprint density at radius 1 is 1.13 bits per heavy atom. The number of sulfone groups is 1. The van der Waals surface area contributed by atoms with Gasteiger partial charge in [-0.05, 0) is 41.8 Å². The third-order valence-corrected chi connectivity index (χ3v) is 8.05. The van der Waals surface area contributed by atoms with Gasteiger partial charge in [-0.3, -0.25) is 14.9 Å². The standard InChI is InChI=1S/C22H30N2O5S/c1-16(2)21(22(25)23-26)20(9-10-24-11-13-29-14-12-24)30(27,28)19-8-7-17-5-3-4-6-18(17)15-19/h3-8,15-16,20-21,26H,9-14H2,1-2H3,(H,23,25)/t20?,21-/m0/s1. The zero-order chi connectivity index (χ0) is 21.7. The summed E-state index contributed by atoms with van der Waals surface area (Å²) in [6, 6.07) is 12.6. The van der Waals surface area contributed by atoms with Crippen LogP contribution in [0.2, 0.25) is 0 Å². The smallest absolute Gasteiger partial charge is 0.248 e. The first kappa shape index (κ1) is 22.7. The van der Waals surface area contributed by atoms with Crippen LogP contribution in [0.15, 0.2) is 47.4 Å². The van der Waals surface area contributed by atoms with Gasteiger partial charge in [0, 0.05) is 13.1 Å². The number of carbonyl (C=O) groups excluding carboxylic acids is 1. The number of benzene rings is 2. The van der Waals surface area contributed by atoms with Gasteiger partial charge in [0.2, 0.25) is 5.91 Å². The lowest BCUT2D eigenvalue weighted by Crippen LogP contribution is -2.45. The second kappa shape index (κ2) is 9.87. The first-order valence-corrected chi connectivity index (χ1v) is 11.9. The topological polar surface area (TPSA) is 95.9 Å². The van der Waals surface area contributed by atoms with Crippen LogP contribution < -0.4 is 5.48 Å². The molecular weight excluding hydrogens is 404 g/mol. The summed E-state index contributed by atoms with van der Waals surface area (Å²) in [5, 5.41) is 10.1. The number of ether oxygens (including phenoxy) is 1. The number of hydrogen-bond donors (Lipinski definition) is 2. The third kappa shape index (κ3) is 5.00. The molecule has 30 heavy (non-hydrogen) atoms. The second-order valence-corrected chi connectivity index (χ2v) is 10.2. The van der Waals surface area contributed by atoms with Gasteiger partial charge in [0.1, 0.15) is 0 Å². The van der Waals surface area contributed by atoms with E-state index in [2.05, 4.69) is 4.90 Å². The van der Waals surface area contributed by atoms with Gasteiger partial charge >= 0.3 is 0 Å². The Bertz CT molecular complexity index is 970. The highest BCUT2D eigenvalue weighted by molar-refractivity contribution is 7.92. The Hall–Kier alpha value is -2.00. The first-order valence-electron chi connectivity index (χ1n) is 10.3. The maximum absolute atomic E-state index is 13.7. The fourth-order valence-corrected chi connectivity index (χ4v) is 6.30. The molecule has 0 aliphatic carbocycles. The summed E-state index contributed by atoms with van der Waals surface area (Å²) in [6.45, 7) is 6.86. The molecule has 1 aliphatic rings. The van der Waals surface area contributed by atoms with Crippen molar-refractivity contribution in [3.63, 3.8) is 0 Å². The number of nitrogens with zero attached hydrogens (tertiary/aromatic N) is 1. The second-order valence-electron chi connectivity index (χ2n) is 8.08. The molecule has 0 saturated carbocycles. The van der Waals surface area contributed by atoms with Crippen molar-refractivity contribution in [2.75, 3.05) is 32.8 Å². The monoisotopic (exact) mass is 434 g/mol. The molecule has 1 fully saturated rings. The molecule has 8 heteroatoms. The van der Waals surface area contributed by atoms with E-state index < -0.39 is 26.9 Å². The van der Waals surface area contributed by atoms with E-state index in [9.17, 15) is 18.4 Å². The van der Waals surface area contributed by atoms with E-state index in [0.717, 1.165) is 23.9 Å². The molecule has 1 heterocycles. The van der Waals surface area contributed by atoms with E-state index in [1.165, 1.54) is 0 Å². The number of amides is 1. The zero-order valence-electron chi connectivity index (χ0n) is 17.5. The van der Waals surface area contributed by atoms with Crippen LogP contribution in [-0.2, 0) is 19.4 Å². The molecule has 0 bridgehead atoms. The molecule has 0 spiro atoms. The van der Waals surface area contributed by atoms with Crippen molar-refractivity contribution in [3.05, 3.63) is 42.5 Å². The van der Waals surface area contributed by atoms with Gasteiger partial charge in [-0.15, -0.1) is 0 Å². The highest BCUT2D eigenvalue weighted by Crippen LogP contribution is 2.31. The Labute approximate surface area is 177 Å². The zero-order valence-corrected chi connectivity index (χ0v) is 18.3. The lowest BCUT2D eigenvalue weighted by molar-refractivity contribution is -0.135. The molecule has 2 aromatic carbocycles. The number of hydrogen-bond acceptors (Lipinski definition) is 6. The lowest BCUT2D eigenvalue weighted by Gasteiger charge is -2.32. The first-order chi connectivity index (χ1) is 14.3. The molecule has 1 unspecified atom stereocenters. The van der Waals surface area contributed by atoms with E-state index in [1.807, 2.05) is 24.3 Å². The minimum Gasteiger partial charge on any atom is -0.379 e. The van der Waals surface area contributed by atoms with Crippen LogP contribution in [0.3, 0.4) is 0 Å². The number of rotatable bonds is 8. The van der Waals surface area contributed by atoms with Crippen molar-refractivity contribution >= 4 is 26.5 Å². The fraction of sp³-hybridized carbons (Fsp3) is 0.500. The average Bonchev–Trinajstić information content (AvgIpc) is 2.76. The maximum Gasteiger partial charge on any atom is 0.248 e. The van der Waals surface area contributed by atoms with E-state index in [4.69, 9.17) is 4.74 Å². The molecule has 1 aliphatic heterocycles. The van der Waals surface area contributed by atoms with E-state index >= 15 is 0 Å². The quantitative estimate of drug-likeness (QED) is 0.490. The van der Waals surface area contributed by atoms with E-state index in [0.29, 0.717) is 26.2 Å². The van der Waals surface area contributed by atoms with Crippen molar-refractivity contribution in [1.29, 1.82) is 0 Å². The van der Waals surface area contributed by atoms with Crippen LogP contribution in [0, 0.1) is 11.8 Å². The summed E-state index contributed by atoms with van der Waals surface area (Å²) >= 11 is 0. The molecule has 164 valence electrons. The Kier molecular flexibility index (Phi) is 7.46. The van der Waals surface area contributed by atoms with Gasteiger partial charge in [-0.2, -0.15) is 0 Å². The molecule has 7 nitrogen and oxygen atoms in total. The minimum absolute atomic E-state index is 0.199. The molecule has 0 radical (unpaired) electrons. The van der Waals surface area contributed by atoms with Crippen molar-refractivity contribution in [3.8, 4) is 0 Å². The van der Waals surface area contributed by atoms with Crippen molar-refractivity contribution in [2.45, 2.75) is 30.4 Å². The summed E-state index contributed by atoms with van der Waals surface area (Å²) < 4.78 is 32.8. The van der Waals surface area contributed by atoms with Gasteiger partial charge in [0.15, 0.2) is 9.84 Å². The Balaban J connectivity index is 1.97. The highest BCUT2D eigenvalue weighted by Gasteiger charge is 2.40. The number of fused-ring (bicyclic) bond motifs is 1. The van der Waals surface area contributed by atoms with E-state index in [1.54, 1.807) is 37.5 Å². The number of hydroxylamine groups is 1. The predicted molar refractivity (Wildman–Crippen MR) is 115 cm³/mol. The molecule has 2 aromatic rings. The van der Waals surface area contributed by atoms with Crippen LogP contribution in [0.1, 0.15) is 20.3 Å². The molecule has 2 N–H and O–H groups in total. The van der Waals surface area contributed by atoms with Crippen LogP contribution >= 0.6 is 0 Å². The largest absolute Gasteiger partial charge is 0.379 e. The Morgan fingerprint density at radius 3 is 2.43 bits per heavy atom. The van der Waals surface area contributed by atoms with E-state index in [-0.39, 0.29) is 10.8 Å². The maximum atomic E-state index is 13.7. The fourth-order valence-electron chi connectivity index (χ4n) is 4.16. The summed E-state index contributed by atoms with van der Waals surface area (Å²) in [5.41, 5.74) is 1.68. The Morgan fingerprint density at radius 2 is 1.80 bits per heavy atom. The summed E-state index contributed by atoms with van der Waals surface area (Å²) in [6.07, 6.45) is 0.297. The number of morpholine rings is 1. The summed E-state index contributed by atoms with van der Waals surface area (Å²) in [4.78, 5) is 14.8. The number of nitrogens with one attached hydrogen (secondary N) is 1. The van der Waals surface area contributed by atoms with Crippen molar-refractivity contribution < 1.29 is 23.2 Å². The van der Waals surface area contributed by atoms with Crippen LogP contribution in [0.4, 0.5) is 0 Å². The highest BCUT2D eigenvalue weighted by atomic mass is 32.2. The molecule has 3 rings (SSSR count). The van der Waals surface area contributed by atoms with Crippen LogP contribution in [0.25, 0.3) is 10.8 Å². The van der Waals surface area contributed by atoms with Crippen LogP contribution in [0.5, 0.6) is 0 Å². The summed E-state index contributed by atoms with van der Waals surface area (Å²) in [7, 11) is -3.82. The van der Waals surface area contributed by atoms with Gasteiger partial charge < -0.3 is 4.74 Å². The number of carbonyl (C=O) groups is 1. The van der Waals surface area contributed by atoms with Crippen molar-refractivity contribution in [1.82, 2.24) is 10.4 Å². The molecule has 2 atom stereocenters.